The van der Waals surface area contributed by atoms with E-state index >= 15 is 0 Å². The van der Waals surface area contributed by atoms with Crippen LogP contribution in [0.2, 0.25) is 0 Å². The lowest BCUT2D eigenvalue weighted by molar-refractivity contribution is 0.152. The molecular weight excluding hydrogens is 199 g/mol. The van der Waals surface area contributed by atoms with Crippen LogP contribution in [-0.2, 0) is 6.54 Å². The normalized spacial score (nSPS) is 27.4. The van der Waals surface area contributed by atoms with Crippen LogP contribution in [0.15, 0.2) is 10.8 Å². The van der Waals surface area contributed by atoms with Gasteiger partial charge in [-0.3, -0.25) is 4.90 Å². The Kier molecular flexibility index (Phi) is 3.02. The first kappa shape index (κ1) is 10.6. The van der Waals surface area contributed by atoms with Gasteiger partial charge in [-0.2, -0.15) is 0 Å². The van der Waals surface area contributed by atoms with Crippen LogP contribution in [0.25, 0.3) is 0 Å². The second-order valence-corrected chi connectivity index (χ2v) is 4.02. The number of rotatable bonds is 3. The van der Waals surface area contributed by atoms with Gasteiger partial charge < -0.3 is 9.63 Å². The van der Waals surface area contributed by atoms with Gasteiger partial charge in [0.1, 0.15) is 12.4 Å². The molecule has 2 heterocycles. The van der Waals surface area contributed by atoms with E-state index < -0.39 is 6.17 Å². The van der Waals surface area contributed by atoms with Gasteiger partial charge in [0.2, 0.25) is 0 Å². The number of halogens is 1. The van der Waals surface area contributed by atoms with Gasteiger partial charge in [-0.1, -0.05) is 5.16 Å². The summed E-state index contributed by atoms with van der Waals surface area (Å²) in [6.07, 6.45) is 1.16. The van der Waals surface area contributed by atoms with Crippen LogP contribution in [0.5, 0.6) is 0 Å². The fraction of sp³-hybridized carbons (Fsp3) is 0.700. The number of alkyl halides is 1. The van der Waals surface area contributed by atoms with Crippen LogP contribution in [-0.4, -0.2) is 40.5 Å². The van der Waals surface area contributed by atoms with Crippen LogP contribution in [0.4, 0.5) is 4.39 Å². The lowest BCUT2D eigenvalue weighted by Crippen LogP contribution is -2.31. The average molecular weight is 214 g/mol. The van der Waals surface area contributed by atoms with Gasteiger partial charge in [-0.05, 0) is 13.3 Å². The van der Waals surface area contributed by atoms with Crippen molar-refractivity contribution in [2.45, 2.75) is 32.1 Å². The minimum Gasteiger partial charge on any atom is -0.395 e. The van der Waals surface area contributed by atoms with Gasteiger partial charge in [0, 0.05) is 24.7 Å². The Balaban J connectivity index is 2.02. The van der Waals surface area contributed by atoms with Crippen LogP contribution in [0, 0.1) is 6.92 Å². The summed E-state index contributed by atoms with van der Waals surface area (Å²) in [6, 6.07) is -0.0747. The minimum absolute atomic E-state index is 0.00471. The molecular formula is C10H15FN2O2. The van der Waals surface area contributed by atoms with Crippen LogP contribution in [0.1, 0.15) is 17.7 Å². The zero-order valence-electron chi connectivity index (χ0n) is 8.69. The molecule has 84 valence electrons. The quantitative estimate of drug-likeness (QED) is 0.811. The highest BCUT2D eigenvalue weighted by molar-refractivity contribution is 5.13. The number of nitrogens with zero attached hydrogens (tertiary/aromatic N) is 2. The first-order valence-corrected chi connectivity index (χ1v) is 5.09. The first-order valence-electron chi connectivity index (χ1n) is 5.09. The van der Waals surface area contributed by atoms with Crippen molar-refractivity contribution in [2.24, 2.45) is 0 Å². The van der Waals surface area contributed by atoms with E-state index in [2.05, 4.69) is 5.16 Å². The monoisotopic (exact) mass is 214 g/mol. The summed E-state index contributed by atoms with van der Waals surface area (Å²) in [7, 11) is 0. The molecule has 1 aromatic rings. The highest BCUT2D eigenvalue weighted by Crippen LogP contribution is 2.22. The number of aliphatic hydroxyl groups is 1. The van der Waals surface area contributed by atoms with Gasteiger partial charge in [0.05, 0.1) is 12.3 Å². The van der Waals surface area contributed by atoms with Gasteiger partial charge in [-0.15, -0.1) is 0 Å². The summed E-state index contributed by atoms with van der Waals surface area (Å²) in [4.78, 5) is 1.93. The van der Waals surface area contributed by atoms with E-state index in [1.165, 1.54) is 0 Å². The number of aliphatic hydroxyl groups excluding tert-OH is 1. The van der Waals surface area contributed by atoms with Crippen LogP contribution in [0.3, 0.4) is 0 Å². The molecule has 4 nitrogen and oxygen atoms in total. The number of aryl methyl sites for hydroxylation is 1. The highest BCUT2D eigenvalue weighted by Gasteiger charge is 2.31. The third-order valence-electron chi connectivity index (χ3n) is 2.91. The number of hydrogen-bond acceptors (Lipinski definition) is 4. The van der Waals surface area contributed by atoms with Crippen LogP contribution >= 0.6 is 0 Å². The molecule has 0 amide bonds. The van der Waals surface area contributed by atoms with E-state index in [0.717, 1.165) is 11.3 Å². The van der Waals surface area contributed by atoms with Crippen molar-refractivity contribution in [1.29, 1.82) is 0 Å². The van der Waals surface area contributed by atoms with Crippen molar-refractivity contribution in [3.05, 3.63) is 17.5 Å². The first-order chi connectivity index (χ1) is 7.20. The maximum atomic E-state index is 13.1. The Labute approximate surface area is 87.7 Å². The van der Waals surface area contributed by atoms with Crippen LogP contribution < -0.4 is 0 Å². The van der Waals surface area contributed by atoms with Crippen molar-refractivity contribution in [3.8, 4) is 0 Å². The standard InChI is InChI=1S/C10H15FN2O2/c1-7-8(6-15-12-7)3-13-4-9(11)2-10(13)5-14/h6,9-10,14H,2-5H2,1H3/t9-,10-/m0/s1. The zero-order chi connectivity index (χ0) is 10.8. The Morgan fingerprint density at radius 1 is 1.73 bits per heavy atom. The maximum Gasteiger partial charge on any atom is 0.128 e. The molecule has 1 fully saturated rings. The van der Waals surface area contributed by atoms with E-state index in [1.54, 1.807) is 6.26 Å². The smallest absolute Gasteiger partial charge is 0.128 e. The van der Waals surface area contributed by atoms with E-state index in [4.69, 9.17) is 9.63 Å². The van der Waals surface area contributed by atoms with Gasteiger partial charge in [0.25, 0.3) is 0 Å². The molecule has 1 N–H and O–H groups in total. The van der Waals surface area contributed by atoms with Gasteiger partial charge >= 0.3 is 0 Å². The number of aromatic nitrogens is 1. The predicted molar refractivity (Wildman–Crippen MR) is 52.0 cm³/mol. The molecule has 0 aromatic carbocycles. The maximum absolute atomic E-state index is 13.1. The average Bonchev–Trinajstić information content (AvgIpc) is 2.75. The predicted octanol–water partition coefficient (Wildman–Crippen LogP) is 0.888. The van der Waals surface area contributed by atoms with Crippen molar-refractivity contribution in [2.75, 3.05) is 13.2 Å². The van der Waals surface area contributed by atoms with Crippen molar-refractivity contribution < 1.29 is 14.0 Å². The molecule has 1 aliphatic rings. The van der Waals surface area contributed by atoms with E-state index in [1.807, 2.05) is 11.8 Å². The molecule has 0 saturated carbocycles. The van der Waals surface area contributed by atoms with Gasteiger partial charge in [-0.25, -0.2) is 4.39 Å². The number of likely N-dealkylation sites (tertiary alicyclic amines) is 1. The van der Waals surface area contributed by atoms with Crippen molar-refractivity contribution in [1.82, 2.24) is 10.1 Å². The Morgan fingerprint density at radius 2 is 2.53 bits per heavy atom. The number of hydrogen-bond donors (Lipinski definition) is 1. The molecule has 2 atom stereocenters. The highest BCUT2D eigenvalue weighted by atomic mass is 19.1. The summed E-state index contributed by atoms with van der Waals surface area (Å²) in [5.74, 6) is 0. The fourth-order valence-electron chi connectivity index (χ4n) is 1.99. The summed E-state index contributed by atoms with van der Waals surface area (Å²) in [5, 5.41) is 12.9. The molecule has 0 aliphatic carbocycles. The molecule has 5 heteroatoms. The topological polar surface area (TPSA) is 49.5 Å². The largest absolute Gasteiger partial charge is 0.395 e. The third kappa shape index (κ3) is 2.18. The summed E-state index contributed by atoms with van der Waals surface area (Å²) < 4.78 is 18.0. The molecule has 1 aromatic heterocycles. The molecule has 2 rings (SSSR count). The molecule has 1 aliphatic heterocycles. The third-order valence-corrected chi connectivity index (χ3v) is 2.91. The second-order valence-electron chi connectivity index (χ2n) is 4.02. The molecule has 0 spiro atoms. The Hall–Kier alpha value is -0.940. The van der Waals surface area contributed by atoms with E-state index in [9.17, 15) is 4.39 Å². The van der Waals surface area contributed by atoms with Gasteiger partial charge in [0.15, 0.2) is 0 Å². The summed E-state index contributed by atoms with van der Waals surface area (Å²) >= 11 is 0. The molecule has 0 unspecified atom stereocenters. The molecule has 1 saturated heterocycles. The summed E-state index contributed by atoms with van der Waals surface area (Å²) in [5.41, 5.74) is 1.79. The SMILES string of the molecule is Cc1nocc1CN1C[C@@H](F)C[C@H]1CO. The molecule has 15 heavy (non-hydrogen) atoms. The summed E-state index contributed by atoms with van der Waals surface area (Å²) in [6.45, 7) is 2.84. The van der Waals surface area contributed by atoms with E-state index in [-0.39, 0.29) is 12.6 Å². The van der Waals surface area contributed by atoms with Crippen molar-refractivity contribution >= 4 is 0 Å². The lowest BCUT2D eigenvalue weighted by Gasteiger charge is -2.21. The molecule has 0 radical (unpaired) electrons. The lowest BCUT2D eigenvalue weighted by atomic mass is 10.2. The Morgan fingerprint density at radius 3 is 3.13 bits per heavy atom. The second kappa shape index (κ2) is 4.28. The Bertz CT molecular complexity index is 329. The minimum atomic E-state index is -0.831. The van der Waals surface area contributed by atoms with E-state index in [0.29, 0.717) is 19.5 Å². The van der Waals surface area contributed by atoms with Crippen molar-refractivity contribution in [3.63, 3.8) is 0 Å². The molecule has 0 bridgehead atoms. The fourth-order valence-corrected chi connectivity index (χ4v) is 1.99. The zero-order valence-corrected chi connectivity index (χ0v) is 8.69.